The van der Waals surface area contributed by atoms with Crippen molar-refractivity contribution in [3.05, 3.63) is 83.1 Å². The molecule has 0 radical (unpaired) electrons. The zero-order chi connectivity index (χ0) is 14.4. The van der Waals surface area contributed by atoms with E-state index in [4.69, 9.17) is 0 Å². The van der Waals surface area contributed by atoms with E-state index in [2.05, 4.69) is 79.9 Å². The molecule has 2 aliphatic carbocycles. The summed E-state index contributed by atoms with van der Waals surface area (Å²) in [5.74, 6) is 0. The molecule has 2 aromatic rings. The number of hydrogen-bond acceptors (Lipinski definition) is 0. The van der Waals surface area contributed by atoms with Gasteiger partial charge in [0.05, 0.1) is 8.07 Å². The standard InChI is InChI=1S/C20H20Si/c1-21(2,15-9-3-4-10-15)20-18-13-7-5-11-16(18)17-12-6-8-14-19(17)20/h3-9,11-14,20H,10H2,1-2H3. The first-order chi connectivity index (χ1) is 10.2. The molecule has 0 spiro atoms. The van der Waals surface area contributed by atoms with Crippen LogP contribution in [-0.4, -0.2) is 8.07 Å². The zero-order valence-electron chi connectivity index (χ0n) is 12.6. The average molecular weight is 288 g/mol. The SMILES string of the molecule is C[Si](C)(C1=CC=CC1)C1c2ccccc2-c2ccccc21. The van der Waals surface area contributed by atoms with E-state index in [1.807, 2.05) is 0 Å². The van der Waals surface area contributed by atoms with Crippen LogP contribution in [-0.2, 0) is 0 Å². The first-order valence-corrected chi connectivity index (χ1v) is 10.8. The third kappa shape index (κ3) is 1.81. The zero-order valence-corrected chi connectivity index (χ0v) is 13.6. The Hall–Kier alpha value is -1.86. The third-order valence-electron chi connectivity index (χ3n) is 5.15. The van der Waals surface area contributed by atoms with E-state index in [1.54, 1.807) is 16.3 Å². The number of benzene rings is 2. The fourth-order valence-corrected chi connectivity index (χ4v) is 7.64. The van der Waals surface area contributed by atoms with Crippen molar-refractivity contribution < 1.29 is 0 Å². The Balaban J connectivity index is 1.93. The van der Waals surface area contributed by atoms with E-state index >= 15 is 0 Å². The Kier molecular flexibility index (Phi) is 2.80. The van der Waals surface area contributed by atoms with Crippen LogP contribution >= 0.6 is 0 Å². The maximum atomic E-state index is 2.54. The van der Waals surface area contributed by atoms with Crippen molar-refractivity contribution >= 4 is 8.07 Å². The highest BCUT2D eigenvalue weighted by atomic mass is 28.3. The molecule has 0 bridgehead atoms. The highest BCUT2D eigenvalue weighted by Gasteiger charge is 2.42. The van der Waals surface area contributed by atoms with E-state index in [-0.39, 0.29) is 0 Å². The maximum Gasteiger partial charge on any atom is 0.0881 e. The van der Waals surface area contributed by atoms with E-state index in [0.29, 0.717) is 5.54 Å². The molecule has 0 saturated heterocycles. The Morgan fingerprint density at radius 1 is 0.857 bits per heavy atom. The van der Waals surface area contributed by atoms with Gasteiger partial charge in [-0.2, -0.15) is 0 Å². The molecule has 0 amide bonds. The van der Waals surface area contributed by atoms with Crippen molar-refractivity contribution in [1.29, 1.82) is 0 Å². The van der Waals surface area contributed by atoms with Crippen LogP contribution in [0.5, 0.6) is 0 Å². The molecule has 0 aromatic heterocycles. The molecule has 0 unspecified atom stereocenters. The average Bonchev–Trinajstić information content (AvgIpc) is 3.14. The molecule has 0 fully saturated rings. The summed E-state index contributed by atoms with van der Waals surface area (Å²) in [6.45, 7) is 5.07. The first kappa shape index (κ1) is 12.8. The minimum Gasteiger partial charge on any atom is -0.0809 e. The number of allylic oxidation sites excluding steroid dienone is 4. The molecule has 0 aliphatic heterocycles. The quantitative estimate of drug-likeness (QED) is 0.643. The molecule has 21 heavy (non-hydrogen) atoms. The fourth-order valence-electron chi connectivity index (χ4n) is 4.04. The van der Waals surface area contributed by atoms with Crippen molar-refractivity contribution in [2.24, 2.45) is 0 Å². The maximum absolute atomic E-state index is 2.54. The molecule has 0 atom stereocenters. The predicted octanol–water partition coefficient (Wildman–Crippen LogP) is 5.47. The highest BCUT2D eigenvalue weighted by molar-refractivity contribution is 6.86. The van der Waals surface area contributed by atoms with Crippen LogP contribution < -0.4 is 0 Å². The lowest BCUT2D eigenvalue weighted by molar-refractivity contribution is 1.11. The van der Waals surface area contributed by atoms with Crippen LogP contribution in [0.4, 0.5) is 0 Å². The minimum absolute atomic E-state index is 0.594. The summed E-state index contributed by atoms with van der Waals surface area (Å²) in [7, 11) is -1.54. The van der Waals surface area contributed by atoms with E-state index in [1.165, 1.54) is 11.1 Å². The van der Waals surface area contributed by atoms with Gasteiger partial charge in [-0.1, -0.05) is 85.0 Å². The van der Waals surface area contributed by atoms with Crippen LogP contribution in [0.3, 0.4) is 0 Å². The summed E-state index contributed by atoms with van der Waals surface area (Å²) in [5.41, 5.74) is 6.58. The summed E-state index contributed by atoms with van der Waals surface area (Å²) >= 11 is 0. The largest absolute Gasteiger partial charge is 0.0881 e. The molecule has 2 aromatic carbocycles. The Morgan fingerprint density at radius 3 is 1.95 bits per heavy atom. The molecular weight excluding hydrogens is 268 g/mol. The van der Waals surface area contributed by atoms with Gasteiger partial charge in [-0.25, -0.2) is 0 Å². The van der Waals surface area contributed by atoms with Gasteiger partial charge in [0.25, 0.3) is 0 Å². The lowest BCUT2D eigenvalue weighted by Crippen LogP contribution is -2.37. The van der Waals surface area contributed by atoms with Crippen LogP contribution in [0, 0.1) is 0 Å². The Bertz CT molecular complexity index is 719. The van der Waals surface area contributed by atoms with Gasteiger partial charge in [0.1, 0.15) is 0 Å². The lowest BCUT2D eigenvalue weighted by Gasteiger charge is -2.33. The third-order valence-corrected chi connectivity index (χ3v) is 9.25. The Labute approximate surface area is 127 Å². The van der Waals surface area contributed by atoms with E-state index in [9.17, 15) is 0 Å². The molecule has 0 heterocycles. The summed E-state index contributed by atoms with van der Waals surface area (Å²) < 4.78 is 0. The lowest BCUT2D eigenvalue weighted by atomic mass is 10.1. The second kappa shape index (κ2) is 4.57. The second-order valence-electron chi connectivity index (χ2n) is 6.65. The fraction of sp³-hybridized carbons (Fsp3) is 0.200. The molecule has 1 heteroatoms. The summed E-state index contributed by atoms with van der Waals surface area (Å²) in [5, 5.41) is 1.68. The molecule has 0 nitrogen and oxygen atoms in total. The number of fused-ring (bicyclic) bond motifs is 3. The van der Waals surface area contributed by atoms with Crippen molar-refractivity contribution in [1.82, 2.24) is 0 Å². The van der Waals surface area contributed by atoms with Crippen molar-refractivity contribution in [3.63, 3.8) is 0 Å². The molecule has 104 valence electrons. The monoisotopic (exact) mass is 288 g/mol. The van der Waals surface area contributed by atoms with Crippen molar-refractivity contribution in [3.8, 4) is 11.1 Å². The van der Waals surface area contributed by atoms with Gasteiger partial charge in [0.15, 0.2) is 0 Å². The van der Waals surface area contributed by atoms with E-state index < -0.39 is 8.07 Å². The van der Waals surface area contributed by atoms with Gasteiger partial charge in [-0.3, -0.25) is 0 Å². The van der Waals surface area contributed by atoms with Crippen molar-refractivity contribution in [2.45, 2.75) is 25.1 Å². The molecule has 0 N–H and O–H groups in total. The smallest absolute Gasteiger partial charge is 0.0809 e. The number of rotatable bonds is 2. The normalized spacial score (nSPS) is 16.8. The van der Waals surface area contributed by atoms with Gasteiger partial charge in [0.2, 0.25) is 0 Å². The molecule has 2 aliphatic rings. The summed E-state index contributed by atoms with van der Waals surface area (Å²) in [4.78, 5) is 0. The van der Waals surface area contributed by atoms with Gasteiger partial charge >= 0.3 is 0 Å². The summed E-state index contributed by atoms with van der Waals surface area (Å²) in [6, 6.07) is 18.0. The van der Waals surface area contributed by atoms with E-state index in [0.717, 1.165) is 6.42 Å². The number of hydrogen-bond donors (Lipinski definition) is 0. The van der Waals surface area contributed by atoms with Gasteiger partial charge in [-0.15, -0.1) is 0 Å². The van der Waals surface area contributed by atoms with Crippen molar-refractivity contribution in [2.75, 3.05) is 0 Å². The van der Waals surface area contributed by atoms with Crippen LogP contribution in [0.1, 0.15) is 23.1 Å². The molecular formula is C20H20Si. The van der Waals surface area contributed by atoms with Gasteiger partial charge < -0.3 is 0 Å². The first-order valence-electron chi connectivity index (χ1n) is 7.74. The molecule has 0 saturated carbocycles. The van der Waals surface area contributed by atoms with Crippen LogP contribution in [0.15, 0.2) is 72.0 Å². The minimum atomic E-state index is -1.54. The Morgan fingerprint density at radius 2 is 1.43 bits per heavy atom. The molecule has 4 rings (SSSR count). The second-order valence-corrected chi connectivity index (χ2v) is 11.3. The predicted molar refractivity (Wildman–Crippen MR) is 93.0 cm³/mol. The topological polar surface area (TPSA) is 0 Å². The highest BCUT2D eigenvalue weighted by Crippen LogP contribution is 2.50. The van der Waals surface area contributed by atoms with Crippen LogP contribution in [0.25, 0.3) is 11.1 Å². The van der Waals surface area contributed by atoms with Crippen LogP contribution in [0.2, 0.25) is 13.1 Å². The summed E-state index contributed by atoms with van der Waals surface area (Å²) in [6.07, 6.45) is 8.06. The van der Waals surface area contributed by atoms with Gasteiger partial charge in [-0.05, 0) is 28.7 Å². The van der Waals surface area contributed by atoms with Gasteiger partial charge in [0, 0.05) is 5.54 Å².